The minimum Gasteiger partial charge on any atom is -0.305 e. The second kappa shape index (κ2) is 8.09. The zero-order chi connectivity index (χ0) is 12.6. The van der Waals surface area contributed by atoms with Gasteiger partial charge in [0.1, 0.15) is 0 Å². The van der Waals surface area contributed by atoms with Crippen molar-refractivity contribution in [1.82, 2.24) is 9.76 Å². The first-order valence-electron chi connectivity index (χ1n) is 4.52. The molecule has 16 heavy (non-hydrogen) atoms. The van der Waals surface area contributed by atoms with Crippen LogP contribution in [-0.2, 0) is 13.9 Å². The molecule has 94 valence electrons. The third-order valence-corrected chi connectivity index (χ3v) is 4.22. The number of nitrogens with zero attached hydrogens (tertiary/aromatic N) is 1. The molecule has 8 heteroatoms. The van der Waals surface area contributed by atoms with Gasteiger partial charge in [-0.2, -0.15) is 0 Å². The van der Waals surface area contributed by atoms with Gasteiger partial charge < -0.3 is 4.52 Å². The van der Waals surface area contributed by atoms with Crippen LogP contribution in [-0.4, -0.2) is 42.5 Å². The molecule has 0 spiro atoms. The Bertz CT molecular complexity index is 282. The van der Waals surface area contributed by atoms with Gasteiger partial charge in [-0.05, 0) is 6.08 Å². The summed E-state index contributed by atoms with van der Waals surface area (Å²) in [4.78, 5) is 11.1. The first-order valence-corrected chi connectivity index (χ1v) is 7.16. The third-order valence-electron chi connectivity index (χ3n) is 1.74. The summed E-state index contributed by atoms with van der Waals surface area (Å²) in [5.74, 6) is -0.0538. The molecule has 0 heterocycles. The van der Waals surface area contributed by atoms with E-state index in [1.165, 1.54) is 11.8 Å². The smallest absolute Gasteiger partial charge is 0.305 e. The van der Waals surface area contributed by atoms with Crippen molar-refractivity contribution in [3.8, 4) is 0 Å². The molecule has 0 aromatic rings. The molecule has 1 amide bonds. The number of rotatable bonds is 8. The Balaban J connectivity index is 4.78. The van der Waals surface area contributed by atoms with Crippen molar-refractivity contribution in [3.63, 3.8) is 0 Å². The van der Waals surface area contributed by atoms with Gasteiger partial charge in [0.2, 0.25) is 0 Å². The minimum atomic E-state index is -3.42. The van der Waals surface area contributed by atoms with Gasteiger partial charge in [-0.1, -0.05) is 6.58 Å². The number of hydrogen-bond donors (Lipinski definition) is 1. The van der Waals surface area contributed by atoms with E-state index in [2.05, 4.69) is 11.7 Å². The Morgan fingerprint density at radius 1 is 1.50 bits per heavy atom. The predicted molar refractivity (Wildman–Crippen MR) is 66.0 cm³/mol. The highest BCUT2D eigenvalue weighted by atomic mass is 35.5. The first kappa shape index (κ1) is 15.9. The highest BCUT2D eigenvalue weighted by Gasteiger charge is 2.31. The van der Waals surface area contributed by atoms with E-state index in [0.717, 1.165) is 6.08 Å². The number of carbonyl (C=O) groups excluding carboxylic acids is 1. The minimum absolute atomic E-state index is 0.258. The summed E-state index contributed by atoms with van der Waals surface area (Å²) in [5.41, 5.74) is 0. The Morgan fingerprint density at radius 3 is 2.31 bits per heavy atom. The molecule has 1 N–H and O–H groups in total. The Morgan fingerprint density at radius 2 is 2.00 bits per heavy atom. The fraction of sp³-hybridized carbons (Fsp3) is 0.625. The highest BCUT2D eigenvalue weighted by Crippen LogP contribution is 2.45. The molecule has 0 aliphatic rings. The summed E-state index contributed by atoms with van der Waals surface area (Å²) >= 11 is 11.1. The van der Waals surface area contributed by atoms with Crippen LogP contribution in [0.2, 0.25) is 0 Å². The average molecular weight is 289 g/mol. The van der Waals surface area contributed by atoms with Crippen LogP contribution in [0, 0.1) is 0 Å². The summed E-state index contributed by atoms with van der Waals surface area (Å²) in [6.07, 6.45) is 1.02. The van der Waals surface area contributed by atoms with E-state index in [4.69, 9.17) is 27.7 Å². The first-order chi connectivity index (χ1) is 7.53. The van der Waals surface area contributed by atoms with Crippen molar-refractivity contribution >= 4 is 36.8 Å². The Labute approximate surface area is 105 Å². The van der Waals surface area contributed by atoms with E-state index in [-0.39, 0.29) is 11.8 Å². The highest BCUT2D eigenvalue weighted by molar-refractivity contribution is 7.55. The van der Waals surface area contributed by atoms with E-state index >= 15 is 0 Å². The second-order valence-electron chi connectivity index (χ2n) is 2.71. The van der Waals surface area contributed by atoms with Crippen LogP contribution in [0.5, 0.6) is 0 Å². The lowest BCUT2D eigenvalue weighted by Gasteiger charge is -2.28. The van der Waals surface area contributed by atoms with Gasteiger partial charge in [-0.15, -0.1) is 23.2 Å². The number of alkyl halides is 2. The standard InChI is InChI=1S/C8H15Cl2N2O3P/c1-3-8(13)11-16(14,15-2)12(6-4-9)7-5-10/h3H,1,4-7H2,2H3,(H,11,13,14). The maximum atomic E-state index is 12.2. The molecular weight excluding hydrogens is 274 g/mol. The van der Waals surface area contributed by atoms with Gasteiger partial charge in [-0.3, -0.25) is 9.88 Å². The largest absolute Gasteiger partial charge is 0.370 e. The molecule has 0 aliphatic heterocycles. The third kappa shape index (κ3) is 4.85. The molecule has 1 unspecified atom stereocenters. The van der Waals surface area contributed by atoms with Crippen LogP contribution in [0.3, 0.4) is 0 Å². The molecule has 1 atom stereocenters. The molecule has 0 bridgehead atoms. The van der Waals surface area contributed by atoms with Gasteiger partial charge >= 0.3 is 7.67 Å². The van der Waals surface area contributed by atoms with Crippen molar-refractivity contribution < 1.29 is 13.9 Å². The number of hydrogen-bond acceptors (Lipinski definition) is 3. The second-order valence-corrected chi connectivity index (χ2v) is 5.67. The van der Waals surface area contributed by atoms with Gasteiger partial charge in [0, 0.05) is 32.0 Å². The van der Waals surface area contributed by atoms with Crippen LogP contribution in [0.25, 0.3) is 0 Å². The quantitative estimate of drug-likeness (QED) is 0.421. The molecular formula is C8H15Cl2N2O3P. The number of carbonyl (C=O) groups is 1. The summed E-state index contributed by atoms with van der Waals surface area (Å²) in [5, 5.41) is 2.25. The lowest BCUT2D eigenvalue weighted by Crippen LogP contribution is -2.34. The van der Waals surface area contributed by atoms with Crippen molar-refractivity contribution in [1.29, 1.82) is 0 Å². The molecule has 0 saturated heterocycles. The maximum absolute atomic E-state index is 12.2. The molecule has 0 aliphatic carbocycles. The van der Waals surface area contributed by atoms with Crippen LogP contribution in [0.15, 0.2) is 12.7 Å². The van der Waals surface area contributed by atoms with Gasteiger partial charge in [0.15, 0.2) is 0 Å². The van der Waals surface area contributed by atoms with Gasteiger partial charge in [-0.25, -0.2) is 9.24 Å². The summed E-state index contributed by atoms with van der Waals surface area (Å²) < 4.78 is 18.5. The fourth-order valence-corrected chi connectivity index (χ4v) is 3.19. The summed E-state index contributed by atoms with van der Waals surface area (Å²) in [7, 11) is -2.17. The lowest BCUT2D eigenvalue weighted by atomic mass is 10.6. The normalized spacial score (nSPS) is 14.5. The summed E-state index contributed by atoms with van der Waals surface area (Å²) in [6.45, 7) is 3.88. The van der Waals surface area contributed by atoms with Crippen LogP contribution in [0.1, 0.15) is 0 Å². The monoisotopic (exact) mass is 288 g/mol. The Hall–Kier alpha value is -0.0600. The number of nitrogens with one attached hydrogen (secondary N) is 1. The van der Waals surface area contributed by atoms with Crippen LogP contribution in [0.4, 0.5) is 0 Å². The lowest BCUT2D eigenvalue weighted by molar-refractivity contribution is -0.115. The van der Waals surface area contributed by atoms with Crippen LogP contribution >= 0.6 is 30.9 Å². The average Bonchev–Trinajstić information content (AvgIpc) is 2.28. The van der Waals surface area contributed by atoms with E-state index in [1.54, 1.807) is 0 Å². The van der Waals surface area contributed by atoms with Crippen molar-refractivity contribution in [2.24, 2.45) is 0 Å². The summed E-state index contributed by atoms with van der Waals surface area (Å²) in [6, 6.07) is 0. The fourth-order valence-electron chi connectivity index (χ4n) is 0.987. The molecule has 5 nitrogen and oxygen atoms in total. The van der Waals surface area contributed by atoms with Crippen molar-refractivity contribution in [3.05, 3.63) is 12.7 Å². The topological polar surface area (TPSA) is 58.6 Å². The van der Waals surface area contributed by atoms with Crippen LogP contribution < -0.4 is 5.09 Å². The molecule has 0 aromatic heterocycles. The molecule has 0 rings (SSSR count). The predicted octanol–water partition coefficient (Wildman–Crippen LogP) is 1.82. The van der Waals surface area contributed by atoms with E-state index in [9.17, 15) is 9.36 Å². The molecule has 0 saturated carbocycles. The molecule has 0 fully saturated rings. The SMILES string of the molecule is C=CC(=O)NP(=O)(OC)N(CCCl)CCCl. The number of halogens is 2. The zero-order valence-corrected chi connectivity index (χ0v) is 11.4. The Kier molecular flexibility index (Phi) is 8.06. The molecule has 0 radical (unpaired) electrons. The molecule has 0 aromatic carbocycles. The number of amides is 1. The van der Waals surface area contributed by atoms with Crippen molar-refractivity contribution in [2.45, 2.75) is 0 Å². The van der Waals surface area contributed by atoms with E-state index in [0.29, 0.717) is 13.1 Å². The zero-order valence-electron chi connectivity index (χ0n) is 8.99. The van der Waals surface area contributed by atoms with Gasteiger partial charge in [0.25, 0.3) is 5.91 Å². The van der Waals surface area contributed by atoms with E-state index < -0.39 is 13.6 Å². The van der Waals surface area contributed by atoms with E-state index in [1.807, 2.05) is 0 Å². The van der Waals surface area contributed by atoms with Crippen molar-refractivity contribution in [2.75, 3.05) is 32.0 Å². The maximum Gasteiger partial charge on any atom is 0.370 e. The van der Waals surface area contributed by atoms with Gasteiger partial charge in [0.05, 0.1) is 0 Å².